The molecule has 0 unspecified atom stereocenters. The van der Waals surface area contributed by atoms with Gasteiger partial charge >= 0.3 is 6.09 Å². The van der Waals surface area contributed by atoms with Crippen molar-refractivity contribution in [2.75, 3.05) is 26.7 Å². The first-order chi connectivity index (χ1) is 18.6. The van der Waals surface area contributed by atoms with E-state index in [1.165, 1.54) is 4.90 Å². The predicted molar refractivity (Wildman–Crippen MR) is 142 cm³/mol. The standard InChI is InChI=1S/C28H37F2N5O4/c1-18(2)25(33-26(36)19(3)31-4)27(37)35-11-10-34(16-20-8-6-5-7-9-20)17-24(35)39-28(38)32-15-21-12-22(29)14-23(30)13-21/h5-9,12-14,18-19,24-25,31H,10-11,15-17H2,1-4H3,(H,32,38)(H,33,36)/t19-,24-,25-/m0/s1. The Bertz CT molecular complexity index is 1110. The average Bonchev–Trinajstić information content (AvgIpc) is 2.89. The molecule has 1 heterocycles. The fourth-order valence-electron chi connectivity index (χ4n) is 4.30. The fraction of sp³-hybridized carbons (Fsp3) is 0.464. The molecular weight excluding hydrogens is 508 g/mol. The Kier molecular flexibility index (Phi) is 10.8. The van der Waals surface area contributed by atoms with Crippen LogP contribution in [0.1, 0.15) is 31.9 Å². The number of hydrogen-bond acceptors (Lipinski definition) is 6. The minimum atomic E-state index is -0.945. The van der Waals surface area contributed by atoms with Gasteiger partial charge < -0.3 is 25.6 Å². The second-order valence-corrected chi connectivity index (χ2v) is 9.98. The van der Waals surface area contributed by atoms with Gasteiger partial charge in [0.25, 0.3) is 0 Å². The van der Waals surface area contributed by atoms with Crippen LogP contribution >= 0.6 is 0 Å². The third-order valence-corrected chi connectivity index (χ3v) is 6.61. The highest BCUT2D eigenvalue weighted by Gasteiger charge is 2.38. The van der Waals surface area contributed by atoms with Crippen LogP contribution in [0.2, 0.25) is 0 Å². The van der Waals surface area contributed by atoms with Crippen LogP contribution in [0.25, 0.3) is 0 Å². The Morgan fingerprint density at radius 3 is 2.28 bits per heavy atom. The Morgan fingerprint density at radius 2 is 1.67 bits per heavy atom. The number of halogens is 2. The summed E-state index contributed by atoms with van der Waals surface area (Å²) in [6.45, 7) is 6.86. The summed E-state index contributed by atoms with van der Waals surface area (Å²) < 4.78 is 32.7. The summed E-state index contributed by atoms with van der Waals surface area (Å²) in [6, 6.07) is 11.4. The summed E-state index contributed by atoms with van der Waals surface area (Å²) in [5.74, 6) is -2.40. The molecule has 0 aliphatic carbocycles. The number of carbonyl (C=O) groups is 3. The molecule has 3 amide bonds. The Hall–Kier alpha value is -3.57. The van der Waals surface area contributed by atoms with E-state index in [4.69, 9.17) is 4.74 Å². The largest absolute Gasteiger partial charge is 0.424 e. The van der Waals surface area contributed by atoms with Gasteiger partial charge in [0.05, 0.1) is 12.6 Å². The van der Waals surface area contributed by atoms with Crippen molar-refractivity contribution in [1.29, 1.82) is 0 Å². The third kappa shape index (κ3) is 8.72. The fourth-order valence-corrected chi connectivity index (χ4v) is 4.30. The SMILES string of the molecule is CN[C@@H](C)C(=O)N[C@H](C(=O)N1CCN(Cc2ccccc2)C[C@@H]1OC(=O)NCc1cc(F)cc(F)c1)C(C)C. The van der Waals surface area contributed by atoms with Crippen LogP contribution in [0.15, 0.2) is 48.5 Å². The molecule has 0 aromatic heterocycles. The molecule has 2 aromatic carbocycles. The monoisotopic (exact) mass is 545 g/mol. The number of benzene rings is 2. The summed E-state index contributed by atoms with van der Waals surface area (Å²) in [7, 11) is 1.66. The summed E-state index contributed by atoms with van der Waals surface area (Å²) in [5.41, 5.74) is 1.30. The lowest BCUT2D eigenvalue weighted by atomic mass is 10.0. The second kappa shape index (κ2) is 14.0. The van der Waals surface area contributed by atoms with Gasteiger partial charge in [0.15, 0.2) is 6.23 Å². The maximum Gasteiger partial charge on any atom is 0.409 e. The molecule has 3 atom stereocenters. The number of amides is 3. The first-order valence-electron chi connectivity index (χ1n) is 13.0. The van der Waals surface area contributed by atoms with Gasteiger partial charge in [-0.25, -0.2) is 13.6 Å². The molecule has 0 bridgehead atoms. The van der Waals surface area contributed by atoms with E-state index in [0.29, 0.717) is 13.1 Å². The van der Waals surface area contributed by atoms with Crippen molar-refractivity contribution in [2.24, 2.45) is 5.92 Å². The molecule has 0 spiro atoms. The van der Waals surface area contributed by atoms with E-state index >= 15 is 0 Å². The van der Waals surface area contributed by atoms with Crippen LogP contribution in [0.3, 0.4) is 0 Å². The van der Waals surface area contributed by atoms with Gasteiger partial charge in [-0.3, -0.25) is 14.5 Å². The zero-order valence-electron chi connectivity index (χ0n) is 22.7. The van der Waals surface area contributed by atoms with Gasteiger partial charge in [-0.05, 0) is 43.1 Å². The van der Waals surface area contributed by atoms with E-state index in [-0.39, 0.29) is 42.9 Å². The molecule has 212 valence electrons. The highest BCUT2D eigenvalue weighted by molar-refractivity contribution is 5.90. The number of rotatable bonds is 10. The molecule has 1 aliphatic heterocycles. The van der Waals surface area contributed by atoms with Crippen molar-refractivity contribution in [3.8, 4) is 0 Å². The molecule has 3 N–H and O–H groups in total. The van der Waals surface area contributed by atoms with Crippen LogP contribution < -0.4 is 16.0 Å². The summed E-state index contributed by atoms with van der Waals surface area (Å²) >= 11 is 0. The number of nitrogens with zero attached hydrogens (tertiary/aromatic N) is 2. The summed E-state index contributed by atoms with van der Waals surface area (Å²) in [6.07, 6.45) is -1.78. The van der Waals surface area contributed by atoms with E-state index in [2.05, 4.69) is 20.9 Å². The van der Waals surface area contributed by atoms with Gasteiger partial charge in [-0.2, -0.15) is 0 Å². The van der Waals surface area contributed by atoms with Gasteiger partial charge in [0, 0.05) is 32.2 Å². The maximum atomic E-state index is 13.7. The molecule has 1 fully saturated rings. The number of carbonyl (C=O) groups excluding carboxylic acids is 3. The van der Waals surface area contributed by atoms with Crippen molar-refractivity contribution < 1.29 is 27.9 Å². The molecule has 39 heavy (non-hydrogen) atoms. The van der Waals surface area contributed by atoms with Crippen molar-refractivity contribution in [3.63, 3.8) is 0 Å². The van der Waals surface area contributed by atoms with Crippen LogP contribution in [-0.2, 0) is 27.4 Å². The van der Waals surface area contributed by atoms with Crippen LogP contribution in [0, 0.1) is 17.6 Å². The molecule has 2 aromatic rings. The normalized spacial score (nSPS) is 17.4. The van der Waals surface area contributed by atoms with E-state index in [1.807, 2.05) is 44.2 Å². The summed E-state index contributed by atoms with van der Waals surface area (Å²) in [5, 5.41) is 8.17. The molecule has 9 nitrogen and oxygen atoms in total. The second-order valence-electron chi connectivity index (χ2n) is 9.98. The van der Waals surface area contributed by atoms with Crippen LogP contribution in [0.5, 0.6) is 0 Å². The zero-order valence-corrected chi connectivity index (χ0v) is 22.7. The van der Waals surface area contributed by atoms with Crippen molar-refractivity contribution in [3.05, 3.63) is 71.3 Å². The van der Waals surface area contributed by atoms with E-state index in [0.717, 1.165) is 23.8 Å². The van der Waals surface area contributed by atoms with Crippen LogP contribution in [0.4, 0.5) is 13.6 Å². The lowest BCUT2D eigenvalue weighted by molar-refractivity contribution is -0.153. The third-order valence-electron chi connectivity index (χ3n) is 6.61. The quantitative estimate of drug-likeness (QED) is 0.424. The topological polar surface area (TPSA) is 103 Å². The van der Waals surface area contributed by atoms with Crippen molar-refractivity contribution >= 4 is 17.9 Å². The minimum Gasteiger partial charge on any atom is -0.424 e. The van der Waals surface area contributed by atoms with Crippen LogP contribution in [-0.4, -0.2) is 72.7 Å². The Labute approximate surface area is 227 Å². The minimum absolute atomic E-state index is 0.158. The molecule has 3 rings (SSSR count). The predicted octanol–water partition coefficient (Wildman–Crippen LogP) is 2.61. The van der Waals surface area contributed by atoms with E-state index < -0.39 is 36.0 Å². The Balaban J connectivity index is 1.75. The van der Waals surface area contributed by atoms with Crippen molar-refractivity contribution in [1.82, 2.24) is 25.8 Å². The van der Waals surface area contributed by atoms with Gasteiger partial charge in [0.1, 0.15) is 17.7 Å². The lowest BCUT2D eigenvalue weighted by Gasteiger charge is -2.42. The van der Waals surface area contributed by atoms with Gasteiger partial charge in [0.2, 0.25) is 11.8 Å². The zero-order chi connectivity index (χ0) is 28.5. The van der Waals surface area contributed by atoms with E-state index in [9.17, 15) is 23.2 Å². The summed E-state index contributed by atoms with van der Waals surface area (Å²) in [4.78, 5) is 42.5. The molecule has 1 saturated heterocycles. The Morgan fingerprint density at radius 1 is 1.00 bits per heavy atom. The van der Waals surface area contributed by atoms with Gasteiger partial charge in [-0.1, -0.05) is 44.2 Å². The van der Waals surface area contributed by atoms with Gasteiger partial charge in [-0.15, -0.1) is 0 Å². The molecular formula is C28H37F2N5O4. The van der Waals surface area contributed by atoms with Crippen molar-refractivity contribution in [2.45, 2.75) is 52.2 Å². The number of hydrogen-bond donors (Lipinski definition) is 3. The number of piperazine rings is 1. The highest BCUT2D eigenvalue weighted by atomic mass is 19.1. The maximum absolute atomic E-state index is 13.7. The first kappa shape index (κ1) is 30.0. The molecule has 11 heteroatoms. The number of likely N-dealkylation sites (N-methyl/N-ethyl adjacent to an activating group) is 1. The molecule has 0 saturated carbocycles. The highest BCUT2D eigenvalue weighted by Crippen LogP contribution is 2.18. The molecule has 1 aliphatic rings. The molecule has 0 radical (unpaired) electrons. The van der Waals surface area contributed by atoms with E-state index in [1.54, 1.807) is 14.0 Å². The average molecular weight is 546 g/mol. The number of nitrogens with one attached hydrogen (secondary N) is 3. The lowest BCUT2D eigenvalue weighted by Crippen LogP contribution is -2.62. The first-order valence-corrected chi connectivity index (χ1v) is 13.0. The number of ether oxygens (including phenoxy) is 1. The smallest absolute Gasteiger partial charge is 0.409 e. The number of alkyl carbamates (subject to hydrolysis) is 1.